The number of halogens is 1. The molecule has 146 valence electrons. The van der Waals surface area contributed by atoms with Crippen LogP contribution in [0, 0.1) is 23.7 Å². The van der Waals surface area contributed by atoms with Gasteiger partial charge in [0, 0.05) is 5.02 Å². The van der Waals surface area contributed by atoms with E-state index < -0.39 is 0 Å². The van der Waals surface area contributed by atoms with E-state index in [1.54, 1.807) is 0 Å². The zero-order chi connectivity index (χ0) is 18.4. The lowest BCUT2D eigenvalue weighted by molar-refractivity contribution is 0.136. The van der Waals surface area contributed by atoms with Crippen molar-refractivity contribution in [3.8, 4) is 0 Å². The number of hydrogen-bond acceptors (Lipinski definition) is 0. The van der Waals surface area contributed by atoms with Gasteiger partial charge in [-0.15, -0.1) is 0 Å². The van der Waals surface area contributed by atoms with E-state index in [1.807, 2.05) is 6.07 Å². The SMILES string of the molecule is CCCCCC1CCC(C2CCC(C(C)c3ccccc3Cl)CC2)CC1. The molecule has 1 atom stereocenters. The van der Waals surface area contributed by atoms with Gasteiger partial charge in [0.25, 0.3) is 0 Å². The summed E-state index contributed by atoms with van der Waals surface area (Å²) in [6.45, 7) is 4.72. The van der Waals surface area contributed by atoms with Crippen LogP contribution in [-0.4, -0.2) is 0 Å². The van der Waals surface area contributed by atoms with Crippen LogP contribution in [0.4, 0.5) is 0 Å². The molecule has 0 amide bonds. The Morgan fingerprint density at radius 1 is 0.885 bits per heavy atom. The molecular formula is C25H39Cl. The zero-order valence-electron chi connectivity index (χ0n) is 17.1. The summed E-state index contributed by atoms with van der Waals surface area (Å²) in [6, 6.07) is 8.48. The average molecular weight is 375 g/mol. The molecule has 0 aromatic heterocycles. The van der Waals surface area contributed by atoms with Crippen molar-refractivity contribution >= 4 is 11.6 Å². The molecule has 2 saturated carbocycles. The molecule has 1 heteroatoms. The summed E-state index contributed by atoms with van der Waals surface area (Å²) in [6.07, 6.45) is 17.6. The fraction of sp³-hybridized carbons (Fsp3) is 0.760. The normalized spacial score (nSPS) is 30.9. The maximum absolute atomic E-state index is 6.45. The third kappa shape index (κ3) is 5.28. The first-order chi connectivity index (χ1) is 12.7. The second kappa shape index (κ2) is 10.2. The highest BCUT2D eigenvalue weighted by molar-refractivity contribution is 6.31. The Morgan fingerprint density at radius 3 is 2.12 bits per heavy atom. The van der Waals surface area contributed by atoms with Gasteiger partial charge in [-0.25, -0.2) is 0 Å². The van der Waals surface area contributed by atoms with Crippen molar-refractivity contribution in [3.63, 3.8) is 0 Å². The van der Waals surface area contributed by atoms with Crippen molar-refractivity contribution in [2.75, 3.05) is 0 Å². The number of hydrogen-bond donors (Lipinski definition) is 0. The molecule has 1 unspecified atom stereocenters. The van der Waals surface area contributed by atoms with Crippen LogP contribution < -0.4 is 0 Å². The van der Waals surface area contributed by atoms with Gasteiger partial charge in [-0.1, -0.05) is 82.2 Å². The fourth-order valence-corrected chi connectivity index (χ4v) is 6.15. The molecule has 0 radical (unpaired) electrons. The summed E-state index contributed by atoms with van der Waals surface area (Å²) in [4.78, 5) is 0. The van der Waals surface area contributed by atoms with Gasteiger partial charge in [0.05, 0.1) is 0 Å². The smallest absolute Gasteiger partial charge is 0.0440 e. The molecule has 0 nitrogen and oxygen atoms in total. The lowest BCUT2D eigenvalue weighted by Gasteiger charge is -2.39. The molecule has 2 aliphatic carbocycles. The molecule has 0 saturated heterocycles. The Morgan fingerprint density at radius 2 is 1.50 bits per heavy atom. The van der Waals surface area contributed by atoms with Gasteiger partial charge >= 0.3 is 0 Å². The van der Waals surface area contributed by atoms with Crippen molar-refractivity contribution in [1.82, 2.24) is 0 Å². The topological polar surface area (TPSA) is 0 Å². The van der Waals surface area contributed by atoms with E-state index in [0.717, 1.165) is 28.7 Å². The lowest BCUT2D eigenvalue weighted by atomic mass is 9.66. The second-order valence-corrected chi connectivity index (χ2v) is 9.67. The van der Waals surface area contributed by atoms with Crippen LogP contribution in [0.25, 0.3) is 0 Å². The van der Waals surface area contributed by atoms with E-state index in [0.29, 0.717) is 5.92 Å². The third-order valence-corrected chi connectivity index (χ3v) is 8.04. The first-order valence-electron chi connectivity index (χ1n) is 11.4. The Kier molecular flexibility index (Phi) is 7.92. The summed E-state index contributed by atoms with van der Waals surface area (Å²) < 4.78 is 0. The van der Waals surface area contributed by atoms with E-state index in [2.05, 4.69) is 32.0 Å². The quantitative estimate of drug-likeness (QED) is 0.419. The van der Waals surface area contributed by atoms with Crippen LogP contribution in [0.2, 0.25) is 5.02 Å². The molecule has 0 aliphatic heterocycles. The highest BCUT2D eigenvalue weighted by atomic mass is 35.5. The Hall–Kier alpha value is -0.490. The Balaban J connectivity index is 1.42. The molecule has 26 heavy (non-hydrogen) atoms. The molecule has 3 rings (SSSR count). The van der Waals surface area contributed by atoms with Crippen LogP contribution >= 0.6 is 11.6 Å². The number of unbranched alkanes of at least 4 members (excludes halogenated alkanes) is 2. The molecule has 1 aromatic carbocycles. The first-order valence-corrected chi connectivity index (χ1v) is 11.8. The van der Waals surface area contributed by atoms with Gasteiger partial charge in [0.2, 0.25) is 0 Å². The molecule has 2 fully saturated rings. The van der Waals surface area contributed by atoms with Crippen molar-refractivity contribution in [1.29, 1.82) is 0 Å². The zero-order valence-corrected chi connectivity index (χ0v) is 17.8. The van der Waals surface area contributed by atoms with Crippen molar-refractivity contribution in [2.45, 2.75) is 96.8 Å². The van der Waals surface area contributed by atoms with E-state index in [4.69, 9.17) is 11.6 Å². The van der Waals surface area contributed by atoms with Gasteiger partial charge in [-0.2, -0.15) is 0 Å². The highest BCUT2D eigenvalue weighted by Gasteiger charge is 2.32. The number of rotatable bonds is 7. The Bertz CT molecular complexity index is 521. The maximum Gasteiger partial charge on any atom is 0.0440 e. The first kappa shape index (κ1) is 20.2. The molecule has 1 aromatic rings. The minimum Gasteiger partial charge on any atom is -0.0840 e. The van der Waals surface area contributed by atoms with Crippen molar-refractivity contribution in [3.05, 3.63) is 34.9 Å². The molecule has 0 heterocycles. The second-order valence-electron chi connectivity index (χ2n) is 9.26. The average Bonchev–Trinajstić information content (AvgIpc) is 2.69. The fourth-order valence-electron chi connectivity index (χ4n) is 5.85. The van der Waals surface area contributed by atoms with E-state index in [1.165, 1.54) is 82.6 Å². The van der Waals surface area contributed by atoms with Crippen LogP contribution in [-0.2, 0) is 0 Å². The predicted octanol–water partition coefficient (Wildman–Crippen LogP) is 8.64. The largest absolute Gasteiger partial charge is 0.0840 e. The van der Waals surface area contributed by atoms with Gasteiger partial charge < -0.3 is 0 Å². The number of benzene rings is 1. The summed E-state index contributed by atoms with van der Waals surface area (Å²) in [5.74, 6) is 4.54. The summed E-state index contributed by atoms with van der Waals surface area (Å²) in [5.41, 5.74) is 1.37. The van der Waals surface area contributed by atoms with Gasteiger partial charge in [-0.05, 0) is 79.7 Å². The van der Waals surface area contributed by atoms with Gasteiger partial charge in [0.15, 0.2) is 0 Å². The lowest BCUT2D eigenvalue weighted by Crippen LogP contribution is -2.27. The minimum atomic E-state index is 0.610. The van der Waals surface area contributed by atoms with Crippen LogP contribution in [0.15, 0.2) is 24.3 Å². The van der Waals surface area contributed by atoms with E-state index in [-0.39, 0.29) is 0 Å². The van der Waals surface area contributed by atoms with E-state index >= 15 is 0 Å². The molecule has 0 N–H and O–H groups in total. The van der Waals surface area contributed by atoms with Crippen molar-refractivity contribution < 1.29 is 0 Å². The highest BCUT2D eigenvalue weighted by Crippen LogP contribution is 2.45. The minimum absolute atomic E-state index is 0.610. The summed E-state index contributed by atoms with van der Waals surface area (Å²) in [5, 5.41) is 0.962. The third-order valence-electron chi connectivity index (χ3n) is 7.69. The molecule has 2 aliphatic rings. The van der Waals surface area contributed by atoms with Crippen LogP contribution in [0.1, 0.15) is 102 Å². The van der Waals surface area contributed by atoms with Gasteiger partial charge in [0.1, 0.15) is 0 Å². The van der Waals surface area contributed by atoms with Crippen LogP contribution in [0.3, 0.4) is 0 Å². The molecule has 0 bridgehead atoms. The maximum atomic E-state index is 6.45. The van der Waals surface area contributed by atoms with Gasteiger partial charge in [-0.3, -0.25) is 0 Å². The summed E-state index contributed by atoms with van der Waals surface area (Å²) >= 11 is 6.45. The summed E-state index contributed by atoms with van der Waals surface area (Å²) in [7, 11) is 0. The Labute approximate surface area is 167 Å². The molecular weight excluding hydrogens is 336 g/mol. The van der Waals surface area contributed by atoms with E-state index in [9.17, 15) is 0 Å². The van der Waals surface area contributed by atoms with Crippen molar-refractivity contribution in [2.24, 2.45) is 23.7 Å². The monoisotopic (exact) mass is 374 g/mol. The predicted molar refractivity (Wildman–Crippen MR) is 115 cm³/mol. The van der Waals surface area contributed by atoms with Crippen LogP contribution in [0.5, 0.6) is 0 Å². The standard InChI is InChI=1S/C25H39Cl/c1-3-4-5-8-20-11-13-22(14-12-20)23-17-15-21(16-18-23)19(2)24-9-6-7-10-25(24)26/h6-7,9-10,19-23H,3-5,8,11-18H2,1-2H3. The molecule has 0 spiro atoms.